The molecule has 0 saturated heterocycles. The van der Waals surface area contributed by atoms with Crippen LogP contribution in [0.5, 0.6) is 5.75 Å². The summed E-state index contributed by atoms with van der Waals surface area (Å²) in [6, 6.07) is 4.65. The number of carboxylic acids is 1. The highest BCUT2D eigenvalue weighted by Gasteiger charge is 2.60. The van der Waals surface area contributed by atoms with Crippen molar-refractivity contribution in [2.45, 2.75) is 116 Å². The number of fused-ring (bicyclic) bond motifs is 5. The van der Waals surface area contributed by atoms with Crippen LogP contribution in [-0.2, 0) is 20.1 Å². The monoisotopic (exact) mass is 524 g/mol. The summed E-state index contributed by atoms with van der Waals surface area (Å²) in [4.78, 5) is 10.9. The highest BCUT2D eigenvalue weighted by atomic mass is 28.4. The molecule has 0 aromatic heterocycles. The van der Waals surface area contributed by atoms with Gasteiger partial charge in [0.05, 0.1) is 12.7 Å². The number of benzene rings is 1. The molecule has 4 nitrogen and oxygen atoms in total. The van der Waals surface area contributed by atoms with Gasteiger partial charge in [0.1, 0.15) is 5.75 Å². The van der Waals surface area contributed by atoms with Crippen LogP contribution in [0.3, 0.4) is 0 Å². The van der Waals surface area contributed by atoms with E-state index >= 15 is 0 Å². The first-order chi connectivity index (χ1) is 17.2. The fraction of sp³-hybridized carbons (Fsp3) is 0.594. The van der Waals surface area contributed by atoms with Crippen LogP contribution in [0.15, 0.2) is 42.0 Å². The second-order valence-corrected chi connectivity index (χ2v) is 17.8. The molecule has 3 rings (SSSR count). The first-order valence-electron chi connectivity index (χ1n) is 13.9. The molecule has 0 spiro atoms. The Morgan fingerprint density at radius 1 is 1.14 bits per heavy atom. The summed E-state index contributed by atoms with van der Waals surface area (Å²) < 4.78 is 13.6. The molecule has 3 unspecified atom stereocenters. The third-order valence-electron chi connectivity index (χ3n) is 9.00. The molecule has 0 amide bonds. The Labute approximate surface area is 226 Å². The van der Waals surface area contributed by atoms with Crippen LogP contribution in [-0.4, -0.2) is 32.1 Å². The molecule has 5 heteroatoms. The van der Waals surface area contributed by atoms with E-state index in [9.17, 15) is 4.79 Å². The van der Waals surface area contributed by atoms with Gasteiger partial charge in [-0.05, 0) is 73.2 Å². The van der Waals surface area contributed by atoms with E-state index in [0.717, 1.165) is 37.0 Å². The Morgan fingerprint density at radius 3 is 2.32 bits per heavy atom. The third kappa shape index (κ3) is 5.98. The minimum Gasteiger partial charge on any atom is -0.493 e. The van der Waals surface area contributed by atoms with Gasteiger partial charge < -0.3 is 14.3 Å². The largest absolute Gasteiger partial charge is 0.493 e. The van der Waals surface area contributed by atoms with Crippen LogP contribution in [0.4, 0.5) is 0 Å². The zero-order valence-corrected chi connectivity index (χ0v) is 25.5. The van der Waals surface area contributed by atoms with Crippen molar-refractivity contribution in [3.63, 3.8) is 0 Å². The molecule has 1 aromatic carbocycles. The fourth-order valence-electron chi connectivity index (χ4n) is 5.80. The molecule has 0 aliphatic heterocycles. The molecule has 0 heterocycles. The molecular weight excluding hydrogens is 476 g/mol. The molecule has 1 aromatic rings. The van der Waals surface area contributed by atoms with Gasteiger partial charge in [-0.25, -0.2) is 4.79 Å². The van der Waals surface area contributed by atoms with Gasteiger partial charge in [0, 0.05) is 22.5 Å². The Morgan fingerprint density at radius 2 is 1.76 bits per heavy atom. The van der Waals surface area contributed by atoms with E-state index in [1.807, 2.05) is 18.2 Å². The number of carboxylic acid groups (broad SMARTS) is 1. The first-order valence-corrected chi connectivity index (χ1v) is 16.8. The van der Waals surface area contributed by atoms with E-state index in [1.54, 1.807) is 6.92 Å². The maximum atomic E-state index is 10.9. The lowest BCUT2D eigenvalue weighted by Gasteiger charge is -2.50. The van der Waals surface area contributed by atoms with Crippen molar-refractivity contribution >= 4 is 20.4 Å². The van der Waals surface area contributed by atoms with Gasteiger partial charge in [-0.15, -0.1) is 0 Å². The standard InChI is InChI=1S/C32H48O4Si/c1-10-11-19-35-27-22-26-25(21-24(27)16-13-12-15-23(2)20-28(33)34)31(6)17-14-18-32(26,7)29(31)36-37(8,9)30(3,4)5/h12-13,15-16,20-22,29H,10-11,14,17-19H2,1-9H3,(H,33,34)/b15-12+,16-13+,23-20+. The third-order valence-corrected chi connectivity index (χ3v) is 13.4. The van der Waals surface area contributed by atoms with Gasteiger partial charge in [0.2, 0.25) is 0 Å². The van der Waals surface area contributed by atoms with E-state index in [1.165, 1.54) is 23.6 Å². The molecule has 37 heavy (non-hydrogen) atoms. The molecule has 2 aliphatic carbocycles. The number of hydrogen-bond acceptors (Lipinski definition) is 3. The minimum atomic E-state index is -1.97. The van der Waals surface area contributed by atoms with Crippen molar-refractivity contribution in [3.8, 4) is 5.75 Å². The summed E-state index contributed by atoms with van der Waals surface area (Å²) in [5, 5.41) is 9.11. The van der Waals surface area contributed by atoms with Crippen LogP contribution in [0.25, 0.3) is 6.08 Å². The predicted octanol–water partition coefficient (Wildman–Crippen LogP) is 8.57. The lowest BCUT2D eigenvalue weighted by molar-refractivity contribution is -0.131. The maximum Gasteiger partial charge on any atom is 0.328 e. The molecule has 0 radical (unpaired) electrons. The van der Waals surface area contributed by atoms with Crippen molar-refractivity contribution < 1.29 is 19.1 Å². The topological polar surface area (TPSA) is 55.8 Å². The second kappa shape index (κ2) is 10.9. The van der Waals surface area contributed by atoms with E-state index in [4.69, 9.17) is 14.3 Å². The van der Waals surface area contributed by atoms with Crippen molar-refractivity contribution in [1.82, 2.24) is 0 Å². The van der Waals surface area contributed by atoms with Crippen LogP contribution in [0.1, 0.15) is 97.3 Å². The Bertz CT molecular complexity index is 1090. The molecule has 1 saturated carbocycles. The van der Waals surface area contributed by atoms with Crippen molar-refractivity contribution in [2.24, 2.45) is 0 Å². The summed E-state index contributed by atoms with van der Waals surface area (Å²) in [6.45, 7) is 21.2. The fourth-order valence-corrected chi connectivity index (χ4v) is 7.27. The number of rotatable bonds is 10. The number of allylic oxidation sites excluding steroid dienone is 4. The molecule has 2 aliphatic rings. The maximum absolute atomic E-state index is 10.9. The molecule has 2 bridgehead atoms. The van der Waals surface area contributed by atoms with Crippen molar-refractivity contribution in [2.75, 3.05) is 6.61 Å². The van der Waals surface area contributed by atoms with Gasteiger partial charge in [0.15, 0.2) is 8.32 Å². The second-order valence-electron chi connectivity index (χ2n) is 13.0. The summed E-state index contributed by atoms with van der Waals surface area (Å²) in [6.07, 6.45) is 14.7. The average Bonchev–Trinajstić information content (AvgIpc) is 2.86. The van der Waals surface area contributed by atoms with Gasteiger partial charge in [-0.2, -0.15) is 0 Å². The SMILES string of the molecule is CCCCOc1cc2c(cc1/C=C/C=C/C(C)=C/C(=O)O)C1(C)CCCC2(C)C1O[Si](C)(C)C(C)(C)C. The van der Waals surface area contributed by atoms with Crippen LogP contribution < -0.4 is 4.74 Å². The average molecular weight is 525 g/mol. The van der Waals surface area contributed by atoms with Crippen molar-refractivity contribution in [3.05, 3.63) is 58.7 Å². The summed E-state index contributed by atoms with van der Waals surface area (Å²) >= 11 is 0. The number of ether oxygens (including phenoxy) is 1. The molecule has 1 fully saturated rings. The molecule has 204 valence electrons. The molecule has 1 N–H and O–H groups in total. The van der Waals surface area contributed by atoms with Gasteiger partial charge in [-0.3, -0.25) is 0 Å². The Hall–Kier alpha value is -2.11. The lowest BCUT2D eigenvalue weighted by atomic mass is 9.66. The van der Waals surface area contributed by atoms with E-state index < -0.39 is 14.3 Å². The van der Waals surface area contributed by atoms with E-state index in [2.05, 4.69) is 72.8 Å². The summed E-state index contributed by atoms with van der Waals surface area (Å²) in [5.41, 5.74) is 4.52. The van der Waals surface area contributed by atoms with Crippen LogP contribution >= 0.6 is 0 Å². The highest BCUT2D eigenvalue weighted by Crippen LogP contribution is 2.61. The van der Waals surface area contributed by atoms with E-state index in [-0.39, 0.29) is 22.0 Å². The lowest BCUT2D eigenvalue weighted by Crippen LogP contribution is -2.55. The van der Waals surface area contributed by atoms with Crippen LogP contribution in [0, 0.1) is 0 Å². The zero-order chi connectivity index (χ0) is 27.6. The highest BCUT2D eigenvalue weighted by molar-refractivity contribution is 6.74. The van der Waals surface area contributed by atoms with Gasteiger partial charge in [0.25, 0.3) is 0 Å². The Balaban J connectivity index is 2.06. The molecule has 3 atom stereocenters. The normalized spacial score (nSPS) is 26.2. The van der Waals surface area contributed by atoms with Gasteiger partial charge >= 0.3 is 5.97 Å². The summed E-state index contributed by atoms with van der Waals surface area (Å²) in [5.74, 6) is -0.00297. The number of carbonyl (C=O) groups is 1. The molecular formula is C32H48O4Si. The van der Waals surface area contributed by atoms with E-state index in [0.29, 0.717) is 12.2 Å². The van der Waals surface area contributed by atoms with Gasteiger partial charge in [-0.1, -0.05) is 78.7 Å². The Kier molecular flexibility index (Phi) is 8.70. The number of aliphatic carboxylic acids is 1. The van der Waals surface area contributed by atoms with Crippen molar-refractivity contribution in [1.29, 1.82) is 0 Å². The predicted molar refractivity (Wildman–Crippen MR) is 157 cm³/mol. The summed E-state index contributed by atoms with van der Waals surface area (Å²) in [7, 11) is -1.97. The first kappa shape index (κ1) is 29.4. The number of hydrogen-bond donors (Lipinski definition) is 1. The zero-order valence-electron chi connectivity index (χ0n) is 24.5. The minimum absolute atomic E-state index is 0.0262. The number of unbranched alkanes of at least 4 members (excludes halogenated alkanes) is 1. The smallest absolute Gasteiger partial charge is 0.328 e. The quantitative estimate of drug-likeness (QED) is 0.144. The van der Waals surface area contributed by atoms with Crippen LogP contribution in [0.2, 0.25) is 18.1 Å².